The van der Waals surface area contributed by atoms with E-state index in [1.54, 1.807) is 23.5 Å². The largest absolute Gasteiger partial charge is 0.507 e. The molecule has 0 aliphatic rings. The van der Waals surface area contributed by atoms with Crippen molar-refractivity contribution >= 4 is 47.4 Å². The molecule has 6 N–H and O–H groups in total. The van der Waals surface area contributed by atoms with Crippen LogP contribution >= 0.6 is 23.5 Å². The van der Waals surface area contributed by atoms with Gasteiger partial charge in [0.05, 0.1) is 11.8 Å². The molecule has 0 heterocycles. The normalized spacial score (nSPS) is 13.5. The van der Waals surface area contributed by atoms with Gasteiger partial charge in [0.2, 0.25) is 0 Å². The van der Waals surface area contributed by atoms with Gasteiger partial charge in [-0.3, -0.25) is 19.2 Å². The van der Waals surface area contributed by atoms with Crippen LogP contribution in [0.2, 0.25) is 0 Å². The molecule has 2 atom stereocenters. The minimum absolute atomic E-state index is 0.217. The van der Waals surface area contributed by atoms with Gasteiger partial charge in [-0.05, 0) is 160 Å². The van der Waals surface area contributed by atoms with Crippen LogP contribution in [0.25, 0.3) is 0 Å². The minimum atomic E-state index is -0.849. The SMILES string of the molecule is CC(C)(C)c1cc(CC(CCSCCC(Cc2cc(C(C)(C)C)c(O)c(C(C)(C)C)c2)C(=O)O)C(=O)O)cc(C(C)(C)C)c1O.CC(C)(C)c1cc(CCC(=O)OCCSCCOC(=O)CCc2cc(C(C)(C)C)c(O)c(C(C)(C)C)c2)cc(C(C)(C)C)c1O. The second-order valence-corrected chi connectivity index (χ2v) is 35.3. The summed E-state index contributed by atoms with van der Waals surface area (Å²) in [6.45, 7) is 50.1. The third kappa shape index (κ3) is 24.3. The van der Waals surface area contributed by atoms with Crippen LogP contribution in [0.3, 0.4) is 0 Å². The van der Waals surface area contributed by atoms with E-state index in [1.165, 1.54) is 0 Å². The average Bonchev–Trinajstić information content (AvgIpc) is 0.821. The number of aliphatic carboxylic acids is 2. The Morgan fingerprint density at radius 1 is 0.344 bits per heavy atom. The molecule has 0 amide bonds. The van der Waals surface area contributed by atoms with Gasteiger partial charge in [-0.2, -0.15) is 23.5 Å². The Hall–Kier alpha value is -5.34. The molecule has 0 aromatic heterocycles. The highest BCUT2D eigenvalue weighted by molar-refractivity contribution is 7.99. The lowest BCUT2D eigenvalue weighted by molar-refractivity contribution is -0.143. The molecule has 0 bridgehead atoms. The maximum atomic E-state index is 12.4. The highest BCUT2D eigenvalue weighted by atomic mass is 32.2. The van der Waals surface area contributed by atoms with Crippen molar-refractivity contribution in [3.05, 3.63) is 115 Å². The molecule has 0 aliphatic heterocycles. The van der Waals surface area contributed by atoms with E-state index in [1.807, 2.05) is 132 Å². The predicted molar refractivity (Wildman–Crippen MR) is 374 cm³/mol. The standard InChI is InChI=1S/2C38H58O6S/c1-35(2,3)27-19-23(20-28(31(27)39)36(4,5)6)17-25(33(41)42)13-15-45-16-14-26(34(43)44)18-24-21-29(37(7,8)9)32(40)30(22-24)38(10,11)12;1-35(2,3)27-21-25(22-28(33(27)41)36(4,5)6)13-15-31(39)43-17-19-45-20-18-44-32(40)16-14-26-23-29(37(7,8)9)34(42)30(24-26)38(10,11)12/h19-22,25-26,39-40H,13-18H2,1-12H3,(H,41,42)(H,43,44);21-24,41-42H,13-20H2,1-12H3. The fraction of sp³-hybridized carbons (Fsp3) is 0.632. The summed E-state index contributed by atoms with van der Waals surface area (Å²) < 4.78 is 10.9. The third-order valence-electron chi connectivity index (χ3n) is 16.2. The summed E-state index contributed by atoms with van der Waals surface area (Å²) in [7, 11) is 0. The Balaban J connectivity index is 0.000000470. The molecule has 0 fully saturated rings. The molecular formula is C76H116O12S2. The Bertz CT molecular complexity index is 2730. The fourth-order valence-corrected chi connectivity index (χ4v) is 12.5. The third-order valence-corrected chi connectivity index (χ3v) is 18.2. The molecule has 504 valence electrons. The second kappa shape index (κ2) is 31.5. The molecule has 12 nitrogen and oxygen atoms in total. The van der Waals surface area contributed by atoms with Crippen molar-refractivity contribution in [3.63, 3.8) is 0 Å². The van der Waals surface area contributed by atoms with Crippen LogP contribution in [0.4, 0.5) is 0 Å². The first-order valence-electron chi connectivity index (χ1n) is 32.2. The number of hydrogen-bond donors (Lipinski definition) is 6. The van der Waals surface area contributed by atoms with Crippen molar-refractivity contribution in [2.75, 3.05) is 36.2 Å². The summed E-state index contributed by atoms with van der Waals surface area (Å²) in [5, 5.41) is 64.0. The Labute approximate surface area is 550 Å². The van der Waals surface area contributed by atoms with Gasteiger partial charge in [0.15, 0.2) is 0 Å². The van der Waals surface area contributed by atoms with Crippen molar-refractivity contribution in [1.82, 2.24) is 0 Å². The molecule has 90 heavy (non-hydrogen) atoms. The average molecular weight is 1290 g/mol. The predicted octanol–water partition coefficient (Wildman–Crippen LogP) is 17.7. The lowest BCUT2D eigenvalue weighted by atomic mass is 9.77. The van der Waals surface area contributed by atoms with Gasteiger partial charge in [0, 0.05) is 24.3 Å². The Morgan fingerprint density at radius 2 is 0.544 bits per heavy atom. The van der Waals surface area contributed by atoms with E-state index >= 15 is 0 Å². The lowest BCUT2D eigenvalue weighted by Gasteiger charge is -2.28. The molecular weight excluding hydrogens is 1170 g/mol. The van der Waals surface area contributed by atoms with E-state index in [-0.39, 0.29) is 79.6 Å². The van der Waals surface area contributed by atoms with Crippen molar-refractivity contribution in [3.8, 4) is 23.0 Å². The van der Waals surface area contributed by atoms with E-state index in [0.717, 1.165) is 66.8 Å². The Kier molecular flexibility index (Phi) is 27.6. The molecule has 2 unspecified atom stereocenters. The van der Waals surface area contributed by atoms with E-state index in [2.05, 4.69) is 83.1 Å². The van der Waals surface area contributed by atoms with Crippen molar-refractivity contribution in [2.45, 2.75) is 261 Å². The highest BCUT2D eigenvalue weighted by Crippen LogP contribution is 2.45. The highest BCUT2D eigenvalue weighted by Gasteiger charge is 2.32. The van der Waals surface area contributed by atoms with Crippen LogP contribution < -0.4 is 0 Å². The lowest BCUT2D eigenvalue weighted by Crippen LogP contribution is -2.21. The van der Waals surface area contributed by atoms with Gasteiger partial charge in [-0.1, -0.05) is 215 Å². The van der Waals surface area contributed by atoms with Gasteiger partial charge in [0.1, 0.15) is 36.2 Å². The second-order valence-electron chi connectivity index (χ2n) is 32.9. The molecule has 0 spiro atoms. The molecule has 4 aromatic rings. The van der Waals surface area contributed by atoms with E-state index in [9.17, 15) is 49.8 Å². The van der Waals surface area contributed by atoms with Crippen LogP contribution in [-0.4, -0.2) is 90.7 Å². The van der Waals surface area contributed by atoms with Crippen LogP contribution in [-0.2, 0) is 97.7 Å². The zero-order valence-corrected chi connectivity index (χ0v) is 61.3. The number of thioether (sulfide) groups is 2. The topological polar surface area (TPSA) is 208 Å². The van der Waals surface area contributed by atoms with Gasteiger partial charge >= 0.3 is 23.9 Å². The zero-order valence-electron chi connectivity index (χ0n) is 59.6. The molecule has 4 aromatic carbocycles. The summed E-state index contributed by atoms with van der Waals surface area (Å²) in [5.41, 5.74) is 8.65. The molecule has 0 saturated carbocycles. The number of carboxylic acid groups (broad SMARTS) is 2. The monoisotopic (exact) mass is 1280 g/mol. The fourth-order valence-electron chi connectivity index (χ4n) is 10.8. The number of rotatable bonds is 24. The number of aromatic hydroxyl groups is 4. The minimum Gasteiger partial charge on any atom is -0.507 e. The molecule has 4 rings (SSSR count). The number of carboxylic acids is 2. The van der Waals surface area contributed by atoms with Crippen molar-refractivity contribution < 1.29 is 59.3 Å². The maximum Gasteiger partial charge on any atom is 0.306 e. The number of phenolic OH excluding ortho intramolecular Hbond substituents is 4. The molecule has 0 saturated heterocycles. The molecule has 0 radical (unpaired) electrons. The van der Waals surface area contributed by atoms with Crippen LogP contribution in [0.5, 0.6) is 23.0 Å². The van der Waals surface area contributed by atoms with E-state index in [0.29, 0.717) is 86.2 Å². The van der Waals surface area contributed by atoms with Crippen LogP contribution in [0, 0.1) is 11.8 Å². The van der Waals surface area contributed by atoms with Gasteiger partial charge < -0.3 is 40.1 Å². The Morgan fingerprint density at radius 3 is 0.744 bits per heavy atom. The molecule has 14 heteroatoms. The number of carbonyl (C=O) groups is 4. The van der Waals surface area contributed by atoms with Crippen molar-refractivity contribution in [1.29, 1.82) is 0 Å². The summed E-state index contributed by atoms with van der Waals surface area (Å²) in [5.74, 6) is 0.370. The van der Waals surface area contributed by atoms with E-state index in [4.69, 9.17) is 9.47 Å². The van der Waals surface area contributed by atoms with Gasteiger partial charge in [-0.25, -0.2) is 0 Å². The number of phenols is 4. The van der Waals surface area contributed by atoms with Crippen LogP contribution in [0.15, 0.2) is 48.5 Å². The van der Waals surface area contributed by atoms with Gasteiger partial charge in [0.25, 0.3) is 0 Å². The number of benzene rings is 4. The number of ether oxygens (including phenoxy) is 2. The number of esters is 2. The summed E-state index contributed by atoms with van der Waals surface area (Å²) in [6, 6.07) is 15.8. The quantitative estimate of drug-likeness (QED) is 0.0285. The zero-order chi connectivity index (χ0) is 69.1. The first kappa shape index (κ1) is 78.9. The number of carbonyl (C=O) groups excluding carboxylic acids is 2. The first-order valence-corrected chi connectivity index (χ1v) is 34.6. The summed E-state index contributed by atoms with van der Waals surface area (Å²) in [4.78, 5) is 49.4. The first-order chi connectivity index (χ1) is 40.8. The van der Waals surface area contributed by atoms with E-state index < -0.39 is 23.8 Å². The summed E-state index contributed by atoms with van der Waals surface area (Å²) in [6.07, 6.45) is 3.32. The number of hydrogen-bond acceptors (Lipinski definition) is 12. The van der Waals surface area contributed by atoms with Crippen molar-refractivity contribution in [2.24, 2.45) is 11.8 Å². The molecule has 0 aliphatic carbocycles. The summed E-state index contributed by atoms with van der Waals surface area (Å²) >= 11 is 3.17. The van der Waals surface area contributed by atoms with Crippen LogP contribution in [0.1, 0.15) is 259 Å². The van der Waals surface area contributed by atoms with Gasteiger partial charge in [-0.15, -0.1) is 0 Å². The number of aryl methyl sites for hydroxylation is 2. The maximum absolute atomic E-state index is 12.4. The smallest absolute Gasteiger partial charge is 0.306 e.